The number of carbonyl (C=O) groups is 2. The van der Waals surface area contributed by atoms with E-state index in [0.717, 1.165) is 29.7 Å². The van der Waals surface area contributed by atoms with Gasteiger partial charge in [-0.05, 0) is 93.1 Å². The molecule has 0 aromatic heterocycles. The van der Waals surface area contributed by atoms with Crippen LogP contribution in [-0.2, 0) is 16.0 Å². The maximum absolute atomic E-state index is 12.6. The molecule has 2 N–H and O–H groups in total. The van der Waals surface area contributed by atoms with Crippen LogP contribution in [0.25, 0.3) is 0 Å². The molecule has 4 heteroatoms. The summed E-state index contributed by atoms with van der Waals surface area (Å²) in [6, 6.07) is 8.09. The smallest absolute Gasteiger partial charge is 0.309 e. The summed E-state index contributed by atoms with van der Waals surface area (Å²) in [4.78, 5) is 25.1. The van der Waals surface area contributed by atoms with Crippen LogP contribution in [0, 0.1) is 23.2 Å². The van der Waals surface area contributed by atoms with E-state index in [1.807, 2.05) is 19.1 Å². The van der Waals surface area contributed by atoms with E-state index in [1.54, 1.807) is 0 Å². The van der Waals surface area contributed by atoms with Gasteiger partial charge in [0.25, 0.3) is 0 Å². The largest absolute Gasteiger partial charge is 0.345 e. The van der Waals surface area contributed by atoms with E-state index in [0.29, 0.717) is 0 Å². The van der Waals surface area contributed by atoms with E-state index in [2.05, 4.69) is 36.6 Å². The van der Waals surface area contributed by atoms with Crippen molar-refractivity contribution < 1.29 is 9.59 Å². The van der Waals surface area contributed by atoms with Gasteiger partial charge in [0.1, 0.15) is 0 Å². The molecule has 28 heavy (non-hydrogen) atoms. The molecule has 0 spiro atoms. The first-order chi connectivity index (χ1) is 13.4. The fourth-order valence-corrected chi connectivity index (χ4v) is 6.51. The third kappa shape index (κ3) is 3.70. The van der Waals surface area contributed by atoms with Crippen molar-refractivity contribution in [2.75, 3.05) is 0 Å². The Labute approximate surface area is 168 Å². The monoisotopic (exact) mass is 382 g/mol. The van der Waals surface area contributed by atoms with Crippen LogP contribution in [0.15, 0.2) is 24.3 Å². The molecular weight excluding hydrogens is 348 g/mol. The highest BCUT2D eigenvalue weighted by atomic mass is 16.2. The Hall–Kier alpha value is -1.84. The van der Waals surface area contributed by atoms with Gasteiger partial charge in [-0.2, -0.15) is 0 Å². The third-order valence-corrected chi connectivity index (χ3v) is 7.79. The van der Waals surface area contributed by atoms with Gasteiger partial charge in [-0.3, -0.25) is 9.59 Å². The summed E-state index contributed by atoms with van der Waals surface area (Å²) in [6.07, 6.45) is 8.82. The Morgan fingerprint density at radius 3 is 1.93 bits per heavy atom. The van der Waals surface area contributed by atoms with Crippen molar-refractivity contribution >= 4 is 11.8 Å². The van der Waals surface area contributed by atoms with Gasteiger partial charge in [0.2, 0.25) is 0 Å². The summed E-state index contributed by atoms with van der Waals surface area (Å²) in [6.45, 7) is 6.16. The zero-order chi connectivity index (χ0) is 19.9. The molecule has 0 saturated heterocycles. The molecule has 4 aliphatic carbocycles. The molecule has 2 unspecified atom stereocenters. The summed E-state index contributed by atoms with van der Waals surface area (Å²) in [5.74, 6) is 1.51. The van der Waals surface area contributed by atoms with Crippen LogP contribution in [0.3, 0.4) is 0 Å². The van der Waals surface area contributed by atoms with Crippen molar-refractivity contribution in [1.82, 2.24) is 10.6 Å². The lowest BCUT2D eigenvalue weighted by Gasteiger charge is -2.59. The van der Waals surface area contributed by atoms with Crippen molar-refractivity contribution in [2.45, 2.75) is 77.8 Å². The van der Waals surface area contributed by atoms with Crippen LogP contribution >= 0.6 is 0 Å². The van der Waals surface area contributed by atoms with E-state index in [-0.39, 0.29) is 17.5 Å². The number of aryl methyl sites for hydroxylation is 1. The SMILES string of the molecule is CCc1ccc(C(C)NC(=O)C(=O)NC(C)C23CC4CC(CC(C4)C2)C3)cc1. The van der Waals surface area contributed by atoms with Crippen LogP contribution in [0.2, 0.25) is 0 Å². The lowest BCUT2D eigenvalue weighted by molar-refractivity contribution is -0.142. The maximum atomic E-state index is 12.6. The van der Waals surface area contributed by atoms with Crippen molar-refractivity contribution in [3.63, 3.8) is 0 Å². The molecule has 4 bridgehead atoms. The number of benzene rings is 1. The Morgan fingerprint density at radius 1 is 0.929 bits per heavy atom. The van der Waals surface area contributed by atoms with Gasteiger partial charge in [0.05, 0.1) is 6.04 Å². The Balaban J connectivity index is 1.34. The van der Waals surface area contributed by atoms with Gasteiger partial charge in [0.15, 0.2) is 0 Å². The lowest BCUT2D eigenvalue weighted by Crippen LogP contribution is -2.57. The van der Waals surface area contributed by atoms with Crippen LogP contribution in [-0.4, -0.2) is 17.9 Å². The lowest BCUT2D eigenvalue weighted by atomic mass is 9.48. The Bertz CT molecular complexity index is 704. The minimum Gasteiger partial charge on any atom is -0.345 e. The normalized spacial score (nSPS) is 32.6. The fourth-order valence-electron chi connectivity index (χ4n) is 6.51. The van der Waals surface area contributed by atoms with E-state index in [9.17, 15) is 9.59 Å². The predicted molar refractivity (Wildman–Crippen MR) is 111 cm³/mol. The highest BCUT2D eigenvalue weighted by Crippen LogP contribution is 2.61. The minimum atomic E-state index is -0.524. The first kappa shape index (κ1) is 19.5. The average Bonchev–Trinajstić information content (AvgIpc) is 2.66. The number of nitrogens with one attached hydrogen (secondary N) is 2. The minimum absolute atomic E-state index is 0.0679. The summed E-state index contributed by atoms with van der Waals surface area (Å²) in [7, 11) is 0. The van der Waals surface area contributed by atoms with E-state index < -0.39 is 11.8 Å². The van der Waals surface area contributed by atoms with Gasteiger partial charge in [-0.15, -0.1) is 0 Å². The topological polar surface area (TPSA) is 58.2 Å². The summed E-state index contributed by atoms with van der Waals surface area (Å²) in [5.41, 5.74) is 2.50. The molecular formula is C24H34N2O2. The quantitative estimate of drug-likeness (QED) is 0.752. The number of rotatable bonds is 5. The highest BCUT2D eigenvalue weighted by Gasteiger charge is 2.53. The van der Waals surface area contributed by atoms with Crippen LogP contribution in [0.4, 0.5) is 0 Å². The molecule has 4 saturated carbocycles. The standard InChI is InChI=1S/C24H34N2O2/c1-4-17-5-7-21(8-6-17)15(2)25-22(27)23(28)26-16(3)24-12-18-9-19(13-24)11-20(10-18)14-24/h5-8,15-16,18-20H,4,9-14H2,1-3H3,(H,25,27)(H,26,28). The molecule has 4 aliphatic rings. The summed E-state index contributed by atoms with van der Waals surface area (Å²) in [5, 5.41) is 5.92. The maximum Gasteiger partial charge on any atom is 0.309 e. The van der Waals surface area contributed by atoms with Gasteiger partial charge >= 0.3 is 11.8 Å². The van der Waals surface area contributed by atoms with Gasteiger partial charge in [-0.25, -0.2) is 0 Å². The van der Waals surface area contributed by atoms with Crippen molar-refractivity contribution in [2.24, 2.45) is 23.2 Å². The van der Waals surface area contributed by atoms with Crippen LogP contribution in [0.1, 0.15) is 76.5 Å². The molecule has 0 aliphatic heterocycles. The van der Waals surface area contributed by atoms with Gasteiger partial charge in [-0.1, -0.05) is 31.2 Å². The molecule has 0 radical (unpaired) electrons. The Kier molecular flexibility index (Phi) is 5.24. The second-order valence-corrected chi connectivity index (χ2v) is 9.77. The first-order valence-corrected chi connectivity index (χ1v) is 11.1. The number of carbonyl (C=O) groups excluding carboxylic acids is 2. The molecule has 0 heterocycles. The summed E-state index contributed by atoms with van der Waals surface area (Å²) < 4.78 is 0. The number of amides is 2. The molecule has 4 nitrogen and oxygen atoms in total. The zero-order valence-electron chi connectivity index (χ0n) is 17.5. The molecule has 152 valence electrons. The van der Waals surface area contributed by atoms with Gasteiger partial charge < -0.3 is 10.6 Å². The van der Waals surface area contributed by atoms with Crippen LogP contribution < -0.4 is 10.6 Å². The van der Waals surface area contributed by atoms with Crippen molar-refractivity contribution in [1.29, 1.82) is 0 Å². The van der Waals surface area contributed by atoms with Gasteiger partial charge in [0, 0.05) is 6.04 Å². The highest BCUT2D eigenvalue weighted by molar-refractivity contribution is 6.35. The zero-order valence-corrected chi connectivity index (χ0v) is 17.5. The molecule has 2 amide bonds. The predicted octanol–water partition coefficient (Wildman–Crippen LogP) is 4.15. The molecule has 2 atom stereocenters. The fraction of sp³-hybridized carbons (Fsp3) is 0.667. The van der Waals surface area contributed by atoms with E-state index >= 15 is 0 Å². The molecule has 1 aromatic rings. The second kappa shape index (κ2) is 7.53. The first-order valence-electron chi connectivity index (χ1n) is 11.1. The van der Waals surface area contributed by atoms with Crippen molar-refractivity contribution in [3.8, 4) is 0 Å². The van der Waals surface area contributed by atoms with Crippen molar-refractivity contribution in [3.05, 3.63) is 35.4 Å². The molecule has 5 rings (SSSR count). The molecule has 1 aromatic carbocycles. The average molecular weight is 383 g/mol. The number of hydrogen-bond donors (Lipinski definition) is 2. The van der Waals surface area contributed by atoms with E-state index in [4.69, 9.17) is 0 Å². The third-order valence-electron chi connectivity index (χ3n) is 7.79. The number of hydrogen-bond acceptors (Lipinski definition) is 2. The Morgan fingerprint density at radius 2 is 1.43 bits per heavy atom. The second-order valence-electron chi connectivity index (χ2n) is 9.77. The van der Waals surface area contributed by atoms with Crippen LogP contribution in [0.5, 0.6) is 0 Å². The molecule has 4 fully saturated rings. The van der Waals surface area contributed by atoms with E-state index in [1.165, 1.54) is 44.1 Å². The summed E-state index contributed by atoms with van der Waals surface area (Å²) >= 11 is 0.